The monoisotopic (exact) mass is 635 g/mol. The summed E-state index contributed by atoms with van der Waals surface area (Å²) in [4.78, 5) is 32.2. The summed E-state index contributed by atoms with van der Waals surface area (Å²) in [5.74, 6) is 1.24. The van der Waals surface area contributed by atoms with Crippen molar-refractivity contribution < 1.29 is 14.3 Å². The smallest absolute Gasteiger partial charge is 0.236 e. The molecular formula is C30H34FN9O2S2. The Kier molecular flexibility index (Phi) is 7.74. The fourth-order valence-electron chi connectivity index (χ4n) is 6.01. The normalized spacial score (nSPS) is 18.8. The molecule has 2 aliphatic heterocycles. The fourth-order valence-corrected chi connectivity index (χ4v) is 7.81. The lowest BCUT2D eigenvalue weighted by Gasteiger charge is -2.38. The number of halogens is 1. The van der Waals surface area contributed by atoms with Crippen LogP contribution in [-0.4, -0.2) is 98.9 Å². The number of thiazole rings is 1. The minimum Gasteiger partial charge on any atom is -0.389 e. The number of carbonyl (C=O) groups is 1. The Morgan fingerprint density at radius 1 is 1.16 bits per heavy atom. The molecule has 5 heterocycles. The lowest BCUT2D eigenvalue weighted by atomic mass is 10.1. The van der Waals surface area contributed by atoms with Gasteiger partial charge in [-0.1, -0.05) is 29.6 Å². The zero-order valence-electron chi connectivity index (χ0n) is 24.7. The number of aryl methyl sites for hydroxylation is 1. The van der Waals surface area contributed by atoms with Crippen LogP contribution in [0.5, 0.6) is 0 Å². The van der Waals surface area contributed by atoms with Crippen LogP contribution in [0.25, 0.3) is 16.2 Å². The van der Waals surface area contributed by atoms with Crippen LogP contribution in [0.4, 0.5) is 20.5 Å². The Balaban J connectivity index is 1.12. The van der Waals surface area contributed by atoms with Gasteiger partial charge in [0.25, 0.3) is 0 Å². The minimum absolute atomic E-state index is 0.103. The van der Waals surface area contributed by atoms with E-state index in [0.29, 0.717) is 53.2 Å². The van der Waals surface area contributed by atoms with Crippen LogP contribution < -0.4 is 9.80 Å². The van der Waals surface area contributed by atoms with Gasteiger partial charge in [-0.2, -0.15) is 9.78 Å². The SMILES string of the molecule is CCc1nc2sc(N3CCC(N(CC(=O)N4CC(O)C4)CC4CC4)C3)nn2c1N(C)c1nc(-c2ccc(F)cc2)c(C#N)s1. The van der Waals surface area contributed by atoms with E-state index in [2.05, 4.69) is 22.8 Å². The Labute approximate surface area is 262 Å². The number of aliphatic hydroxyl groups is 1. The highest BCUT2D eigenvalue weighted by Gasteiger charge is 2.37. The second-order valence-corrected chi connectivity index (χ2v) is 13.8. The van der Waals surface area contributed by atoms with Crippen molar-refractivity contribution in [2.45, 2.75) is 44.8 Å². The van der Waals surface area contributed by atoms with Gasteiger partial charge in [-0.15, -0.1) is 5.10 Å². The summed E-state index contributed by atoms with van der Waals surface area (Å²) < 4.78 is 15.4. The van der Waals surface area contributed by atoms with E-state index in [1.165, 1.54) is 36.3 Å². The molecule has 3 aliphatic rings. The van der Waals surface area contributed by atoms with E-state index in [4.69, 9.17) is 15.1 Å². The quantitative estimate of drug-likeness (QED) is 0.278. The molecule has 44 heavy (non-hydrogen) atoms. The highest BCUT2D eigenvalue weighted by Crippen LogP contribution is 2.39. The number of rotatable bonds is 10. The predicted molar refractivity (Wildman–Crippen MR) is 168 cm³/mol. The number of benzene rings is 1. The number of amides is 1. The van der Waals surface area contributed by atoms with Gasteiger partial charge in [0.05, 0.1) is 18.3 Å². The van der Waals surface area contributed by atoms with Crippen molar-refractivity contribution in [3.63, 3.8) is 0 Å². The van der Waals surface area contributed by atoms with Crippen molar-refractivity contribution >= 4 is 49.6 Å². The van der Waals surface area contributed by atoms with Crippen LogP contribution in [0, 0.1) is 23.1 Å². The van der Waals surface area contributed by atoms with Crippen molar-refractivity contribution in [2.75, 3.05) is 56.1 Å². The number of nitriles is 1. The molecule has 0 radical (unpaired) electrons. The zero-order chi connectivity index (χ0) is 30.5. The maximum absolute atomic E-state index is 13.5. The van der Waals surface area contributed by atoms with Crippen LogP contribution in [-0.2, 0) is 11.2 Å². The molecule has 7 rings (SSSR count). The van der Waals surface area contributed by atoms with Gasteiger partial charge >= 0.3 is 0 Å². The van der Waals surface area contributed by atoms with Crippen molar-refractivity contribution in [2.24, 2.45) is 5.92 Å². The van der Waals surface area contributed by atoms with Gasteiger partial charge in [-0.25, -0.2) is 14.4 Å². The second-order valence-electron chi connectivity index (χ2n) is 11.9. The minimum atomic E-state index is -0.389. The molecule has 1 unspecified atom stereocenters. The predicted octanol–water partition coefficient (Wildman–Crippen LogP) is 3.75. The third-order valence-electron chi connectivity index (χ3n) is 8.71. The number of fused-ring (bicyclic) bond motifs is 1. The van der Waals surface area contributed by atoms with Gasteiger partial charge in [0.1, 0.15) is 22.5 Å². The van der Waals surface area contributed by atoms with Crippen LogP contribution in [0.2, 0.25) is 0 Å². The van der Waals surface area contributed by atoms with Gasteiger partial charge < -0.3 is 19.8 Å². The Morgan fingerprint density at radius 2 is 1.93 bits per heavy atom. The molecular weight excluding hydrogens is 602 g/mol. The van der Waals surface area contributed by atoms with Crippen LogP contribution in [0.15, 0.2) is 24.3 Å². The van der Waals surface area contributed by atoms with Crippen molar-refractivity contribution in [1.82, 2.24) is 29.4 Å². The Morgan fingerprint density at radius 3 is 2.61 bits per heavy atom. The molecule has 11 nitrogen and oxygen atoms in total. The average Bonchev–Trinajstić information content (AvgIpc) is 3.37. The number of β-amino-alcohol motifs (C(OH)–C–C–N with tert-alkyl or cyclic N) is 1. The molecule has 1 atom stereocenters. The number of anilines is 3. The summed E-state index contributed by atoms with van der Waals surface area (Å²) in [6.45, 7) is 5.92. The third-order valence-corrected chi connectivity index (χ3v) is 10.7. The number of imidazole rings is 1. The number of likely N-dealkylation sites (tertiary alicyclic amines) is 1. The summed E-state index contributed by atoms with van der Waals surface area (Å²) in [5.41, 5.74) is 2.10. The average molecular weight is 636 g/mol. The van der Waals surface area contributed by atoms with E-state index in [0.717, 1.165) is 47.7 Å². The molecule has 1 aliphatic carbocycles. The standard InChI is InChI=1S/C30H34FN9O2S2/c1-3-23-27(36(2)28-34-26(24(12-32)43-28)19-6-8-20(31)9-7-19)40-29(33-23)44-30(35-40)37-11-10-21(14-37)38(13-18-4-5-18)17-25(42)39-15-22(41)16-39/h6-9,18,21-22,41H,3-5,10-11,13-17H2,1-2H3. The van der Waals surface area contributed by atoms with Crippen LogP contribution >= 0.6 is 22.7 Å². The maximum Gasteiger partial charge on any atom is 0.236 e. The van der Waals surface area contributed by atoms with Crippen LogP contribution in [0.1, 0.15) is 36.8 Å². The van der Waals surface area contributed by atoms with Gasteiger partial charge in [0.15, 0.2) is 10.9 Å². The molecule has 0 spiro atoms. The lowest BCUT2D eigenvalue weighted by Crippen LogP contribution is -2.57. The van der Waals surface area contributed by atoms with E-state index < -0.39 is 0 Å². The molecule has 230 valence electrons. The number of hydrogen-bond donors (Lipinski definition) is 1. The number of nitrogens with zero attached hydrogens (tertiary/aromatic N) is 9. The molecule has 14 heteroatoms. The van der Waals surface area contributed by atoms with Crippen molar-refractivity contribution in [1.29, 1.82) is 5.26 Å². The summed E-state index contributed by atoms with van der Waals surface area (Å²) in [7, 11) is 1.91. The van der Waals surface area contributed by atoms with Gasteiger partial charge in [-0.05, 0) is 55.9 Å². The topological polar surface area (TPSA) is 117 Å². The van der Waals surface area contributed by atoms with E-state index in [9.17, 15) is 19.6 Å². The number of carbonyl (C=O) groups excluding carboxylic acids is 1. The summed E-state index contributed by atoms with van der Waals surface area (Å²) in [5, 5.41) is 26.0. The molecule has 1 N–H and O–H groups in total. The molecule has 2 saturated heterocycles. The van der Waals surface area contributed by atoms with E-state index in [-0.39, 0.29) is 23.9 Å². The maximum atomic E-state index is 13.5. The van der Waals surface area contributed by atoms with Crippen molar-refractivity contribution in [3.05, 3.63) is 40.7 Å². The summed E-state index contributed by atoms with van der Waals surface area (Å²) in [6.07, 6.45) is 3.73. The fraction of sp³-hybridized carbons (Fsp3) is 0.500. The molecule has 1 amide bonds. The number of hydrogen-bond acceptors (Lipinski definition) is 11. The highest BCUT2D eigenvalue weighted by atomic mass is 32.1. The lowest BCUT2D eigenvalue weighted by molar-refractivity contribution is -0.143. The summed E-state index contributed by atoms with van der Waals surface area (Å²) >= 11 is 2.84. The second kappa shape index (κ2) is 11.7. The Bertz CT molecular complexity index is 1720. The van der Waals surface area contributed by atoms with Gasteiger partial charge in [0, 0.05) is 51.4 Å². The van der Waals surface area contributed by atoms with Gasteiger partial charge in [-0.3, -0.25) is 9.69 Å². The molecule has 4 aromatic rings. The first-order chi connectivity index (χ1) is 21.3. The van der Waals surface area contributed by atoms with Crippen molar-refractivity contribution in [3.8, 4) is 17.3 Å². The van der Waals surface area contributed by atoms with E-state index in [1.54, 1.807) is 28.4 Å². The first kappa shape index (κ1) is 29.1. The first-order valence-corrected chi connectivity index (χ1v) is 16.7. The molecule has 0 bridgehead atoms. The van der Waals surface area contributed by atoms with E-state index >= 15 is 0 Å². The Hall–Kier alpha value is -3.64. The number of aliphatic hydroxyl groups excluding tert-OH is 1. The van der Waals surface area contributed by atoms with E-state index in [1.807, 2.05) is 16.5 Å². The third kappa shape index (κ3) is 5.53. The summed E-state index contributed by atoms with van der Waals surface area (Å²) in [6, 6.07) is 8.52. The first-order valence-electron chi connectivity index (χ1n) is 15.0. The van der Waals surface area contributed by atoms with Crippen LogP contribution in [0.3, 0.4) is 0 Å². The number of aromatic nitrogens is 4. The molecule has 1 saturated carbocycles. The molecule has 3 fully saturated rings. The largest absolute Gasteiger partial charge is 0.389 e. The zero-order valence-corrected chi connectivity index (χ0v) is 26.3. The highest BCUT2D eigenvalue weighted by molar-refractivity contribution is 7.20. The molecule has 3 aromatic heterocycles. The van der Waals surface area contributed by atoms with Gasteiger partial charge in [0.2, 0.25) is 16.0 Å². The molecule has 1 aromatic carbocycles.